The van der Waals surface area contributed by atoms with E-state index < -0.39 is 321 Å². The SMILES string of the molecule is CCCC[C@H]1C(=O)N2C[C@H](O)C[C@@H]2C(=O)N[C@@H](CC(=O)O)C(=O)N[C@@H](C(C)C)C(=O)N(C)[C@@H](Cc2ccccc2)C(=O)N[C@@H](CCC(=O)O)C(=O)N2C[C@H](O)C[C@H]2C(=O)N[C@@H](Cc2c[nH]c3ccccc23)C(=O)N[C@@H](Cc2ccc(O)cc2)C(=O)N[C@@H](CCC(N)=O)C(=O)N[C@H](C(=O)NCC(N)=O)CSCC(=O)N[C@@H](Cc2cc(F)c(F)c(F)c2)C(=O)N(C)[C@@H](Cc2ccccc2)C(=O)N1C. The van der Waals surface area contributed by atoms with Crippen LogP contribution in [-0.2, 0) is 118 Å². The number of carboxylic acid groups (broad SMARTS) is 2. The van der Waals surface area contributed by atoms with Crippen molar-refractivity contribution in [1.29, 1.82) is 0 Å². The van der Waals surface area contributed by atoms with Crippen molar-refractivity contribution >= 4 is 129 Å². The predicted octanol–water partition coefficient (Wildman–Crippen LogP) is -1.11. The van der Waals surface area contributed by atoms with Gasteiger partial charge in [-0.1, -0.05) is 125 Å². The van der Waals surface area contributed by atoms with Crippen LogP contribution < -0.4 is 59.3 Å². The average molecular weight is 1920 g/mol. The highest BCUT2D eigenvalue weighted by Crippen LogP contribution is 2.29. The number of rotatable bonds is 25. The van der Waals surface area contributed by atoms with Crippen molar-refractivity contribution in [2.24, 2.45) is 17.4 Å². The molecule has 3 saturated heterocycles. The van der Waals surface area contributed by atoms with E-state index in [4.69, 9.17) is 11.5 Å². The van der Waals surface area contributed by atoms with Crippen LogP contribution in [0.2, 0.25) is 0 Å². The molecule has 0 bridgehead atoms. The summed E-state index contributed by atoms with van der Waals surface area (Å²) < 4.78 is 45.1. The number of nitrogens with zero attached hydrogens (tertiary/aromatic N) is 5. The summed E-state index contributed by atoms with van der Waals surface area (Å²) in [7, 11) is 3.49. The summed E-state index contributed by atoms with van der Waals surface area (Å²) in [5.41, 5.74) is 12.5. The molecule has 1 aromatic heterocycles. The van der Waals surface area contributed by atoms with Gasteiger partial charge in [-0.25, -0.2) is 13.2 Å². The van der Waals surface area contributed by atoms with Crippen LogP contribution in [0.4, 0.5) is 13.2 Å². The quantitative estimate of drug-likeness (QED) is 0.0302. The number of primary amides is 2. The van der Waals surface area contributed by atoms with E-state index >= 15 is 51.9 Å². The van der Waals surface area contributed by atoms with Crippen LogP contribution in [0.3, 0.4) is 0 Å². The number of phenols is 1. The molecular weight excluding hydrogens is 1800 g/mol. The van der Waals surface area contributed by atoms with Gasteiger partial charge in [-0.05, 0) is 83.3 Å². The van der Waals surface area contributed by atoms with Crippen molar-refractivity contribution in [1.82, 2.24) is 77.3 Å². The Labute approximate surface area is 783 Å². The van der Waals surface area contributed by atoms with Gasteiger partial charge in [0.15, 0.2) is 17.5 Å². The molecule has 16 amide bonds. The largest absolute Gasteiger partial charge is 0.508 e. The van der Waals surface area contributed by atoms with Crippen LogP contribution in [0.25, 0.3) is 10.9 Å². The number of halogens is 3. The number of aromatic nitrogens is 1. The minimum absolute atomic E-state index is 0.167. The number of H-pyrrole nitrogens is 1. The number of fused-ring (bicyclic) bond motifs is 3. The average Bonchev–Trinajstić information content (AvgIpc) is 1.78. The minimum atomic E-state index is -2.09. The van der Waals surface area contributed by atoms with Crippen LogP contribution in [0.15, 0.2) is 128 Å². The number of aliphatic hydroxyl groups excluding tert-OH is 2. The number of nitrogens with two attached hydrogens (primary N) is 2. The first-order valence-corrected chi connectivity index (χ1v) is 45.3. The number of aliphatic carboxylic acids is 2. The number of aliphatic hydroxyl groups is 2. The molecule has 0 radical (unpaired) electrons. The monoisotopic (exact) mass is 1910 g/mol. The Hall–Kier alpha value is -14.0. The Morgan fingerprint density at radius 3 is 1.57 bits per heavy atom. The number of carboxylic acids is 2. The smallest absolute Gasteiger partial charge is 0.305 e. The molecule has 5 aromatic carbocycles. The normalized spacial score (nSPS) is 24.3. The van der Waals surface area contributed by atoms with Crippen LogP contribution in [-0.4, -0.2) is 305 Å². The summed E-state index contributed by atoms with van der Waals surface area (Å²) in [5.74, 6) is -29.1. The number of amides is 16. The van der Waals surface area contributed by atoms with E-state index in [0.717, 1.165) is 38.6 Å². The van der Waals surface area contributed by atoms with E-state index in [-0.39, 0.29) is 37.0 Å². The highest BCUT2D eigenvalue weighted by atomic mass is 32.2. The lowest BCUT2D eigenvalue weighted by molar-refractivity contribution is -0.152. The number of aromatic hydroxyl groups is 1. The molecule has 15 atom stereocenters. The second kappa shape index (κ2) is 49.3. The van der Waals surface area contributed by atoms with Crippen molar-refractivity contribution in [2.75, 3.05) is 52.3 Å². The molecule has 44 heteroatoms. The lowest BCUT2D eigenvalue weighted by Crippen LogP contribution is -2.62. The van der Waals surface area contributed by atoms with Gasteiger partial charge in [-0.2, -0.15) is 0 Å². The first kappa shape index (κ1) is 106. The maximum absolute atomic E-state index is 15.7. The van der Waals surface area contributed by atoms with Crippen molar-refractivity contribution in [2.45, 2.75) is 208 Å². The molecule has 0 aliphatic carbocycles. The molecule has 136 heavy (non-hydrogen) atoms. The zero-order chi connectivity index (χ0) is 99.6. The Bertz CT molecular complexity index is 5350. The van der Waals surface area contributed by atoms with Crippen molar-refractivity contribution in [3.63, 3.8) is 0 Å². The lowest BCUT2D eigenvalue weighted by atomic mass is 9.98. The number of hydrogen-bond donors (Lipinski definition) is 17. The fraction of sp³-hybridized carbons (Fsp3) is 0.457. The standard InChI is InChI=1S/C92H114F3N17O23S/c1-7-8-23-68-91(134)112-45-56(115)40-71(112)87(130)105-65(41-77(121)122)84(127)107-79(48(2)3)92(135)109(5)69(36-49-17-11-9-12-18-49)85(128)102-62(29-31-76(119)120)89(132)111-44-55(114)39-70(111)86(129)104-64(38-53-42-98-60-22-16-15-21-57(53)60)83(126)103-63(34-51-24-26-54(113)27-25-51)82(125)101-61(28-30-73(96)116)81(124)106-67(80(123)99-43-74(97)117)46-136-47-75(118)100-66(35-52-32-58(93)78(95)59(94)33-52)88(131)110(6)72(90(133)108(68)4)37-50-19-13-10-14-20-50/h9-22,24-27,32-33,42,48,55-56,61-72,79,98,113-115H,7-8,23,28-31,34-41,43-47H2,1-6H3,(H2,96,116)(H2,97,117)(H,99,123)(H,100,118)(H,101,125)(H,102,128)(H,103,126)(H,104,129)(H,105,130)(H,106,124)(H,107,127)(H,119,120)(H,121,122)/t55-,56-,61+,62+,63+,64+,65+,66+,67+,68+,69+,70+,71-,72+,79+/m1/s1. The summed E-state index contributed by atoms with van der Waals surface area (Å²) in [6, 6.07) is 5.48. The van der Waals surface area contributed by atoms with Gasteiger partial charge in [0.1, 0.15) is 84.3 Å². The number of thioether (sulfide) groups is 1. The van der Waals surface area contributed by atoms with Crippen LogP contribution in [0.1, 0.15) is 113 Å². The van der Waals surface area contributed by atoms with E-state index in [2.05, 4.69) is 52.8 Å². The van der Waals surface area contributed by atoms with Gasteiger partial charge in [0.25, 0.3) is 0 Å². The third-order valence-corrected chi connectivity index (χ3v) is 24.7. The molecule has 0 spiro atoms. The van der Waals surface area contributed by atoms with E-state index in [0.29, 0.717) is 57.9 Å². The number of aromatic amines is 1. The summed E-state index contributed by atoms with van der Waals surface area (Å²) >= 11 is 0.570. The van der Waals surface area contributed by atoms with Crippen molar-refractivity contribution < 1.29 is 125 Å². The van der Waals surface area contributed by atoms with Gasteiger partial charge < -0.3 is 114 Å². The molecule has 0 saturated carbocycles. The molecule has 732 valence electrons. The zero-order valence-corrected chi connectivity index (χ0v) is 76.3. The van der Waals surface area contributed by atoms with Crippen LogP contribution in [0, 0.1) is 23.4 Å². The number of benzene rings is 5. The first-order valence-electron chi connectivity index (χ1n) is 44.1. The summed E-state index contributed by atoms with van der Waals surface area (Å²) in [6.07, 6.45) is -8.69. The molecule has 3 aliphatic heterocycles. The molecule has 0 unspecified atom stereocenters. The Morgan fingerprint density at radius 2 is 0.993 bits per heavy atom. The van der Waals surface area contributed by atoms with E-state index in [1.165, 1.54) is 51.4 Å². The number of likely N-dealkylation sites (N-methyl/N-ethyl adjacent to an activating group) is 3. The highest BCUT2D eigenvalue weighted by Gasteiger charge is 2.48. The summed E-state index contributed by atoms with van der Waals surface area (Å²) in [4.78, 5) is 270. The number of hydrogen-bond acceptors (Lipinski definition) is 22. The van der Waals surface area contributed by atoms with E-state index in [1.54, 1.807) is 91.9 Å². The fourth-order valence-corrected chi connectivity index (χ4v) is 17.2. The van der Waals surface area contributed by atoms with Crippen LogP contribution in [0.5, 0.6) is 5.75 Å². The highest BCUT2D eigenvalue weighted by molar-refractivity contribution is 8.00. The van der Waals surface area contributed by atoms with Gasteiger partial charge in [-0.15, -0.1) is 11.8 Å². The van der Waals surface area contributed by atoms with Gasteiger partial charge in [0.2, 0.25) is 94.5 Å². The summed E-state index contributed by atoms with van der Waals surface area (Å²) in [5, 5.41) is 76.6. The van der Waals surface area contributed by atoms with Crippen molar-refractivity contribution in [3.05, 3.63) is 173 Å². The number of phenolic OH excluding ortho intramolecular Hbond substituents is 1. The Kier molecular flexibility index (Phi) is 38.3. The zero-order valence-electron chi connectivity index (χ0n) is 75.5. The fourth-order valence-electron chi connectivity index (χ4n) is 16.3. The van der Waals surface area contributed by atoms with E-state index in [1.807, 2.05) is 0 Å². The van der Waals surface area contributed by atoms with E-state index in [9.17, 15) is 73.1 Å². The number of carbonyl (C=O) groups is 18. The Balaban J connectivity index is 1.15. The first-order chi connectivity index (χ1) is 64.5. The number of unbranched alkanes of at least 4 members (excludes halogenated alkanes) is 1. The molecule has 4 heterocycles. The molecule has 40 nitrogen and oxygen atoms in total. The topological polar surface area (TPSA) is 601 Å². The number of para-hydroxylation sites is 1. The third kappa shape index (κ3) is 29.2. The Morgan fingerprint density at radius 1 is 0.493 bits per heavy atom. The van der Waals surface area contributed by atoms with Gasteiger partial charge >= 0.3 is 11.9 Å². The predicted molar refractivity (Wildman–Crippen MR) is 483 cm³/mol. The molecule has 9 rings (SSSR count). The summed E-state index contributed by atoms with van der Waals surface area (Å²) in [6.45, 7) is 2.58. The number of carbonyl (C=O) groups excluding carboxylic acids is 16. The molecule has 6 aromatic rings. The second-order valence-corrected chi connectivity index (χ2v) is 35.2. The van der Waals surface area contributed by atoms with Gasteiger partial charge in [0.05, 0.1) is 30.9 Å². The molecular formula is C92H114F3N17O23S. The minimum Gasteiger partial charge on any atom is -0.508 e. The molecule has 3 aliphatic rings. The third-order valence-electron chi connectivity index (χ3n) is 23.7. The second-order valence-electron chi connectivity index (χ2n) is 34.2. The van der Waals surface area contributed by atoms with Gasteiger partial charge in [-0.3, -0.25) is 86.3 Å². The molecule has 3 fully saturated rings. The maximum atomic E-state index is 15.7. The molecule has 19 N–H and O–H groups in total. The van der Waals surface area contributed by atoms with Crippen LogP contribution >= 0.6 is 11.8 Å². The van der Waals surface area contributed by atoms with Crippen molar-refractivity contribution in [3.8, 4) is 5.75 Å². The lowest BCUT2D eigenvalue weighted by Gasteiger charge is -2.38. The maximum Gasteiger partial charge on any atom is 0.305 e. The van der Waals surface area contributed by atoms with Gasteiger partial charge in [0, 0.05) is 115 Å². The number of nitrogens with one attached hydrogen (secondary N) is 10.